The standard InChI is InChI=1S/C16H21N3/c1-11-5-6-12(2)14(9-11)15-10-13(3)18-16(19-15)7-8-17-4/h5-6,9-10,17H,7-8H2,1-4H3. The largest absolute Gasteiger partial charge is 0.319 e. The summed E-state index contributed by atoms with van der Waals surface area (Å²) in [4.78, 5) is 9.19. The Morgan fingerprint density at radius 2 is 1.84 bits per heavy atom. The summed E-state index contributed by atoms with van der Waals surface area (Å²) in [5.41, 5.74) is 5.77. The van der Waals surface area contributed by atoms with E-state index in [1.807, 2.05) is 14.0 Å². The molecule has 0 saturated carbocycles. The Balaban J connectivity index is 2.43. The van der Waals surface area contributed by atoms with Crippen molar-refractivity contribution in [3.63, 3.8) is 0 Å². The van der Waals surface area contributed by atoms with E-state index < -0.39 is 0 Å². The highest BCUT2D eigenvalue weighted by Gasteiger charge is 2.07. The van der Waals surface area contributed by atoms with Crippen molar-refractivity contribution in [2.75, 3.05) is 13.6 Å². The summed E-state index contributed by atoms with van der Waals surface area (Å²) in [7, 11) is 1.95. The highest BCUT2D eigenvalue weighted by atomic mass is 14.9. The molecule has 0 aliphatic heterocycles. The number of rotatable bonds is 4. The zero-order chi connectivity index (χ0) is 13.8. The highest BCUT2D eigenvalue weighted by Crippen LogP contribution is 2.23. The minimum absolute atomic E-state index is 0.857. The lowest BCUT2D eigenvalue weighted by molar-refractivity contribution is 0.752. The van der Waals surface area contributed by atoms with E-state index in [1.54, 1.807) is 0 Å². The van der Waals surface area contributed by atoms with Crippen LogP contribution in [0.3, 0.4) is 0 Å². The molecule has 100 valence electrons. The second-order valence-corrected chi connectivity index (χ2v) is 4.98. The Hall–Kier alpha value is -1.74. The molecule has 1 N–H and O–H groups in total. The van der Waals surface area contributed by atoms with Crippen LogP contribution < -0.4 is 5.32 Å². The lowest BCUT2D eigenvalue weighted by Gasteiger charge is -2.09. The van der Waals surface area contributed by atoms with E-state index in [9.17, 15) is 0 Å². The molecular weight excluding hydrogens is 234 g/mol. The molecule has 19 heavy (non-hydrogen) atoms. The minimum Gasteiger partial charge on any atom is -0.319 e. The van der Waals surface area contributed by atoms with Crippen LogP contribution in [0, 0.1) is 20.8 Å². The van der Waals surface area contributed by atoms with Crippen molar-refractivity contribution in [1.29, 1.82) is 0 Å². The van der Waals surface area contributed by atoms with E-state index in [2.05, 4.69) is 48.4 Å². The molecule has 2 aromatic rings. The van der Waals surface area contributed by atoms with Gasteiger partial charge in [-0.25, -0.2) is 9.97 Å². The summed E-state index contributed by atoms with van der Waals surface area (Å²) in [6, 6.07) is 8.54. The van der Waals surface area contributed by atoms with E-state index in [4.69, 9.17) is 4.98 Å². The van der Waals surface area contributed by atoms with Crippen molar-refractivity contribution < 1.29 is 0 Å². The number of hydrogen-bond donors (Lipinski definition) is 1. The first kappa shape index (κ1) is 13.7. The molecule has 0 fully saturated rings. The molecule has 1 aromatic carbocycles. The summed E-state index contributed by atoms with van der Waals surface area (Å²) in [5, 5.41) is 3.14. The molecule has 0 amide bonds. The number of benzene rings is 1. The van der Waals surface area contributed by atoms with Crippen LogP contribution in [0.2, 0.25) is 0 Å². The molecule has 0 spiro atoms. The second-order valence-electron chi connectivity index (χ2n) is 4.98. The number of nitrogens with one attached hydrogen (secondary N) is 1. The first-order valence-electron chi connectivity index (χ1n) is 6.67. The Morgan fingerprint density at radius 1 is 1.05 bits per heavy atom. The average molecular weight is 255 g/mol. The molecule has 0 aliphatic carbocycles. The Bertz CT molecular complexity index is 576. The molecule has 0 saturated heterocycles. The van der Waals surface area contributed by atoms with Crippen LogP contribution in [0.25, 0.3) is 11.3 Å². The van der Waals surface area contributed by atoms with Crippen molar-refractivity contribution >= 4 is 0 Å². The fourth-order valence-corrected chi connectivity index (χ4v) is 2.13. The van der Waals surface area contributed by atoms with Gasteiger partial charge < -0.3 is 5.32 Å². The maximum atomic E-state index is 4.69. The second kappa shape index (κ2) is 5.93. The smallest absolute Gasteiger partial charge is 0.130 e. The monoisotopic (exact) mass is 255 g/mol. The van der Waals surface area contributed by atoms with Gasteiger partial charge in [0.2, 0.25) is 0 Å². The fraction of sp³-hybridized carbons (Fsp3) is 0.375. The number of aryl methyl sites for hydroxylation is 3. The van der Waals surface area contributed by atoms with Crippen molar-refractivity contribution in [3.05, 3.63) is 46.9 Å². The van der Waals surface area contributed by atoms with Crippen molar-refractivity contribution in [1.82, 2.24) is 15.3 Å². The first-order chi connectivity index (χ1) is 9.10. The SMILES string of the molecule is CNCCc1nc(C)cc(-c2cc(C)ccc2C)n1. The van der Waals surface area contributed by atoms with E-state index in [1.165, 1.54) is 16.7 Å². The van der Waals surface area contributed by atoms with Crippen molar-refractivity contribution in [3.8, 4) is 11.3 Å². The van der Waals surface area contributed by atoms with E-state index in [-0.39, 0.29) is 0 Å². The maximum absolute atomic E-state index is 4.69. The van der Waals surface area contributed by atoms with Gasteiger partial charge in [-0.2, -0.15) is 0 Å². The third-order valence-corrected chi connectivity index (χ3v) is 3.17. The number of aromatic nitrogens is 2. The van der Waals surface area contributed by atoms with Crippen molar-refractivity contribution in [2.24, 2.45) is 0 Å². The Kier molecular flexibility index (Phi) is 4.27. The van der Waals surface area contributed by atoms with Crippen LogP contribution in [0.15, 0.2) is 24.3 Å². The fourth-order valence-electron chi connectivity index (χ4n) is 2.13. The van der Waals surface area contributed by atoms with Gasteiger partial charge in [0.25, 0.3) is 0 Å². The van der Waals surface area contributed by atoms with Crippen LogP contribution in [-0.4, -0.2) is 23.6 Å². The van der Waals surface area contributed by atoms with Gasteiger partial charge >= 0.3 is 0 Å². The highest BCUT2D eigenvalue weighted by molar-refractivity contribution is 5.64. The zero-order valence-corrected chi connectivity index (χ0v) is 12.1. The average Bonchev–Trinajstić information content (AvgIpc) is 2.38. The quantitative estimate of drug-likeness (QED) is 0.913. The lowest BCUT2D eigenvalue weighted by Crippen LogP contribution is -2.13. The number of hydrogen-bond acceptors (Lipinski definition) is 3. The van der Waals surface area contributed by atoms with Gasteiger partial charge in [0.05, 0.1) is 5.69 Å². The number of likely N-dealkylation sites (N-methyl/N-ethyl adjacent to an activating group) is 1. The Morgan fingerprint density at radius 3 is 2.58 bits per heavy atom. The van der Waals surface area contributed by atoms with Gasteiger partial charge in [0.1, 0.15) is 5.82 Å². The molecule has 1 aromatic heterocycles. The lowest BCUT2D eigenvalue weighted by atomic mass is 10.0. The van der Waals surface area contributed by atoms with Gasteiger partial charge in [-0.1, -0.05) is 17.7 Å². The van der Waals surface area contributed by atoms with Crippen LogP contribution >= 0.6 is 0 Å². The predicted octanol–water partition coefficient (Wildman–Crippen LogP) is 2.83. The third-order valence-electron chi connectivity index (χ3n) is 3.17. The van der Waals surface area contributed by atoms with Gasteiger partial charge in [-0.05, 0) is 45.5 Å². The molecule has 1 heterocycles. The molecule has 0 unspecified atom stereocenters. The van der Waals surface area contributed by atoms with Crippen molar-refractivity contribution in [2.45, 2.75) is 27.2 Å². The molecular formula is C16H21N3. The van der Waals surface area contributed by atoms with Gasteiger partial charge in [-0.15, -0.1) is 0 Å². The normalized spacial score (nSPS) is 10.7. The molecule has 3 heteroatoms. The first-order valence-corrected chi connectivity index (χ1v) is 6.67. The van der Waals surface area contributed by atoms with Gasteiger partial charge in [0, 0.05) is 24.2 Å². The van der Waals surface area contributed by atoms with Crippen LogP contribution in [0.4, 0.5) is 0 Å². The van der Waals surface area contributed by atoms with E-state index in [0.29, 0.717) is 0 Å². The summed E-state index contributed by atoms with van der Waals surface area (Å²) < 4.78 is 0. The maximum Gasteiger partial charge on any atom is 0.130 e. The molecule has 0 atom stereocenters. The summed E-state index contributed by atoms with van der Waals surface area (Å²) in [6.07, 6.45) is 0.857. The molecule has 0 radical (unpaired) electrons. The summed E-state index contributed by atoms with van der Waals surface area (Å²) >= 11 is 0. The predicted molar refractivity (Wildman–Crippen MR) is 79.3 cm³/mol. The van der Waals surface area contributed by atoms with Crippen LogP contribution in [-0.2, 0) is 6.42 Å². The topological polar surface area (TPSA) is 37.8 Å². The van der Waals surface area contributed by atoms with Gasteiger partial charge in [-0.3, -0.25) is 0 Å². The van der Waals surface area contributed by atoms with E-state index >= 15 is 0 Å². The van der Waals surface area contributed by atoms with Crippen LogP contribution in [0.1, 0.15) is 22.6 Å². The number of nitrogens with zero attached hydrogens (tertiary/aromatic N) is 2. The summed E-state index contributed by atoms with van der Waals surface area (Å²) in [6.45, 7) is 7.16. The van der Waals surface area contributed by atoms with Crippen LogP contribution in [0.5, 0.6) is 0 Å². The molecule has 3 nitrogen and oxygen atoms in total. The van der Waals surface area contributed by atoms with E-state index in [0.717, 1.165) is 30.2 Å². The molecule has 0 aliphatic rings. The zero-order valence-electron chi connectivity index (χ0n) is 12.1. The minimum atomic E-state index is 0.857. The molecule has 0 bridgehead atoms. The molecule has 2 rings (SSSR count). The Labute approximate surface area is 115 Å². The van der Waals surface area contributed by atoms with Gasteiger partial charge in [0.15, 0.2) is 0 Å². The summed E-state index contributed by atoms with van der Waals surface area (Å²) in [5.74, 6) is 0.908. The third kappa shape index (κ3) is 3.38.